The van der Waals surface area contributed by atoms with Gasteiger partial charge < -0.3 is 15.1 Å². The van der Waals surface area contributed by atoms with Crippen molar-refractivity contribution in [2.24, 2.45) is 0 Å². The van der Waals surface area contributed by atoms with Crippen molar-refractivity contribution < 1.29 is 4.79 Å². The fourth-order valence-electron chi connectivity index (χ4n) is 3.68. The predicted molar refractivity (Wildman–Crippen MR) is 117 cm³/mol. The molecule has 148 valence electrons. The van der Waals surface area contributed by atoms with E-state index in [1.165, 1.54) is 11.3 Å². The highest BCUT2D eigenvalue weighted by Crippen LogP contribution is 2.28. The summed E-state index contributed by atoms with van der Waals surface area (Å²) in [6.45, 7) is 6.93. The van der Waals surface area contributed by atoms with E-state index in [0.717, 1.165) is 30.9 Å². The van der Waals surface area contributed by atoms with Crippen LogP contribution in [0.15, 0.2) is 60.9 Å². The maximum atomic E-state index is 12.9. The summed E-state index contributed by atoms with van der Waals surface area (Å²) >= 11 is 0. The Morgan fingerprint density at radius 2 is 1.72 bits per heavy atom. The molecule has 1 N–H and O–H groups in total. The van der Waals surface area contributed by atoms with Crippen molar-refractivity contribution in [1.82, 2.24) is 9.97 Å². The zero-order valence-corrected chi connectivity index (χ0v) is 16.8. The molecule has 2 aromatic carbocycles. The fourth-order valence-corrected chi connectivity index (χ4v) is 3.68. The topological polar surface area (TPSA) is 61.4 Å². The number of benzene rings is 2. The minimum atomic E-state index is -0.0647. The molecule has 0 spiro atoms. The van der Waals surface area contributed by atoms with Gasteiger partial charge in [0.15, 0.2) is 0 Å². The van der Waals surface area contributed by atoms with E-state index in [0.29, 0.717) is 18.1 Å². The van der Waals surface area contributed by atoms with Crippen molar-refractivity contribution in [2.75, 3.05) is 34.8 Å². The number of anilines is 4. The largest absolute Gasteiger partial charge is 0.372 e. The molecular formula is C23H25N5O. The molecule has 3 aromatic rings. The number of aromatic nitrogens is 2. The van der Waals surface area contributed by atoms with Crippen LogP contribution < -0.4 is 15.1 Å². The first-order valence-electron chi connectivity index (χ1n) is 10.0. The Bertz CT molecular complexity index is 981. The number of carbonyl (C=O) groups excluding carboxylic acids is 1. The average Bonchev–Trinajstić information content (AvgIpc) is 3.20. The van der Waals surface area contributed by atoms with E-state index in [1.807, 2.05) is 30.3 Å². The van der Waals surface area contributed by atoms with E-state index in [4.69, 9.17) is 0 Å². The van der Waals surface area contributed by atoms with Crippen LogP contribution in [0.2, 0.25) is 0 Å². The summed E-state index contributed by atoms with van der Waals surface area (Å²) in [4.78, 5) is 25.6. The summed E-state index contributed by atoms with van der Waals surface area (Å²) in [5, 5.41) is 3.19. The Morgan fingerprint density at radius 1 is 1.03 bits per heavy atom. The van der Waals surface area contributed by atoms with Gasteiger partial charge in [0.25, 0.3) is 5.91 Å². The highest BCUT2D eigenvalue weighted by molar-refractivity contribution is 6.07. The lowest BCUT2D eigenvalue weighted by Crippen LogP contribution is -2.29. The molecule has 1 aliphatic heterocycles. The fraction of sp³-hybridized carbons (Fsp3) is 0.261. The first-order chi connectivity index (χ1) is 14.2. The van der Waals surface area contributed by atoms with Gasteiger partial charge in [-0.15, -0.1) is 0 Å². The maximum absolute atomic E-state index is 12.9. The number of carbonyl (C=O) groups is 1. The van der Waals surface area contributed by atoms with Crippen LogP contribution in [0.3, 0.4) is 0 Å². The number of hydrogen-bond donors (Lipinski definition) is 1. The summed E-state index contributed by atoms with van der Waals surface area (Å²) < 4.78 is 0. The minimum absolute atomic E-state index is 0.0647. The number of fused-ring (bicyclic) bond motifs is 1. The Hall–Kier alpha value is -3.41. The quantitative estimate of drug-likeness (QED) is 0.684. The second-order valence-electron chi connectivity index (χ2n) is 6.98. The first kappa shape index (κ1) is 18.9. The Kier molecular flexibility index (Phi) is 5.42. The lowest BCUT2D eigenvalue weighted by atomic mass is 10.2. The van der Waals surface area contributed by atoms with Gasteiger partial charge in [-0.25, -0.2) is 9.97 Å². The second kappa shape index (κ2) is 8.31. The molecule has 6 nitrogen and oxygen atoms in total. The summed E-state index contributed by atoms with van der Waals surface area (Å²) in [5.74, 6) is 0.407. The van der Waals surface area contributed by atoms with Crippen molar-refractivity contribution >= 4 is 28.9 Å². The zero-order chi connectivity index (χ0) is 20.2. The molecule has 1 aliphatic rings. The van der Waals surface area contributed by atoms with E-state index in [1.54, 1.807) is 17.3 Å². The van der Waals surface area contributed by atoms with Crippen LogP contribution in [0, 0.1) is 0 Å². The minimum Gasteiger partial charge on any atom is -0.372 e. The highest BCUT2D eigenvalue weighted by atomic mass is 16.2. The third kappa shape index (κ3) is 3.92. The van der Waals surface area contributed by atoms with Crippen LogP contribution in [0.5, 0.6) is 0 Å². The molecule has 0 radical (unpaired) electrons. The van der Waals surface area contributed by atoms with E-state index in [9.17, 15) is 4.79 Å². The van der Waals surface area contributed by atoms with E-state index >= 15 is 0 Å². The molecule has 0 aliphatic carbocycles. The van der Waals surface area contributed by atoms with Gasteiger partial charge in [0.1, 0.15) is 0 Å². The molecule has 0 bridgehead atoms. The predicted octanol–water partition coefficient (Wildman–Crippen LogP) is 4.27. The molecule has 0 fully saturated rings. The van der Waals surface area contributed by atoms with Crippen molar-refractivity contribution in [1.29, 1.82) is 0 Å². The molecule has 1 amide bonds. The average molecular weight is 387 g/mol. The molecule has 0 atom stereocenters. The molecule has 0 saturated heterocycles. The zero-order valence-electron chi connectivity index (χ0n) is 16.8. The summed E-state index contributed by atoms with van der Waals surface area (Å²) in [7, 11) is 0. The normalized spacial score (nSPS) is 12.6. The van der Waals surface area contributed by atoms with Gasteiger partial charge in [-0.3, -0.25) is 4.79 Å². The van der Waals surface area contributed by atoms with Crippen LogP contribution in [0.1, 0.15) is 29.8 Å². The first-order valence-corrected chi connectivity index (χ1v) is 10.0. The standard InChI is InChI=1S/C23H25N5O/c1-3-27(4-2)20-11-9-19(10-12-20)26-23-24-15-18(16-25-23)22(29)28-14-13-17-7-5-6-8-21(17)28/h5-12,15-16H,3-4,13-14H2,1-2H3,(H,24,25,26). The summed E-state index contributed by atoms with van der Waals surface area (Å²) in [6, 6.07) is 16.2. The highest BCUT2D eigenvalue weighted by Gasteiger charge is 2.25. The van der Waals surface area contributed by atoms with Crippen LogP contribution in [0.25, 0.3) is 0 Å². The van der Waals surface area contributed by atoms with Crippen molar-refractivity contribution in [3.63, 3.8) is 0 Å². The van der Waals surface area contributed by atoms with Gasteiger partial charge in [0.2, 0.25) is 5.95 Å². The molecule has 0 saturated carbocycles. The van der Waals surface area contributed by atoms with Crippen LogP contribution in [-0.2, 0) is 6.42 Å². The monoisotopic (exact) mass is 387 g/mol. The maximum Gasteiger partial charge on any atom is 0.261 e. The van der Waals surface area contributed by atoms with Gasteiger partial charge >= 0.3 is 0 Å². The molecule has 6 heteroatoms. The van der Waals surface area contributed by atoms with E-state index < -0.39 is 0 Å². The van der Waals surface area contributed by atoms with Crippen LogP contribution >= 0.6 is 0 Å². The molecular weight excluding hydrogens is 362 g/mol. The SMILES string of the molecule is CCN(CC)c1ccc(Nc2ncc(C(=O)N3CCc4ccccc43)cn2)cc1. The van der Waals surface area contributed by atoms with Crippen molar-refractivity contribution in [3.8, 4) is 0 Å². The van der Waals surface area contributed by atoms with Crippen molar-refractivity contribution in [3.05, 3.63) is 72.1 Å². The Morgan fingerprint density at radius 3 is 2.41 bits per heavy atom. The third-order valence-corrected chi connectivity index (χ3v) is 5.28. The Labute approximate surface area is 171 Å². The number of amides is 1. The molecule has 4 rings (SSSR count). The lowest BCUT2D eigenvalue weighted by molar-refractivity contribution is 0.0988. The molecule has 29 heavy (non-hydrogen) atoms. The second-order valence-corrected chi connectivity index (χ2v) is 6.98. The summed E-state index contributed by atoms with van der Waals surface area (Å²) in [5.41, 5.74) is 4.77. The van der Waals surface area contributed by atoms with Gasteiger partial charge in [0.05, 0.1) is 5.56 Å². The van der Waals surface area contributed by atoms with Gasteiger partial charge in [-0.05, 0) is 56.2 Å². The van der Waals surface area contributed by atoms with Gasteiger partial charge in [0, 0.05) is 49.1 Å². The Balaban J connectivity index is 1.44. The molecule has 1 aromatic heterocycles. The smallest absolute Gasteiger partial charge is 0.261 e. The van der Waals surface area contributed by atoms with Crippen molar-refractivity contribution in [2.45, 2.75) is 20.3 Å². The van der Waals surface area contributed by atoms with Gasteiger partial charge in [-0.2, -0.15) is 0 Å². The van der Waals surface area contributed by atoms with Crippen LogP contribution in [-0.4, -0.2) is 35.5 Å². The van der Waals surface area contributed by atoms with E-state index in [-0.39, 0.29) is 5.91 Å². The van der Waals surface area contributed by atoms with E-state index in [2.05, 4.69) is 52.2 Å². The number of para-hydroxylation sites is 1. The number of hydrogen-bond acceptors (Lipinski definition) is 5. The number of nitrogens with one attached hydrogen (secondary N) is 1. The summed E-state index contributed by atoms with van der Waals surface area (Å²) in [6.07, 6.45) is 4.05. The number of nitrogens with zero attached hydrogens (tertiary/aromatic N) is 4. The molecule has 0 unspecified atom stereocenters. The van der Waals surface area contributed by atoms with Crippen LogP contribution in [0.4, 0.5) is 23.0 Å². The molecule has 2 heterocycles. The number of rotatable bonds is 6. The third-order valence-electron chi connectivity index (χ3n) is 5.28. The van der Waals surface area contributed by atoms with Gasteiger partial charge in [-0.1, -0.05) is 18.2 Å². The lowest BCUT2D eigenvalue weighted by Gasteiger charge is -2.21.